The molecule has 0 atom stereocenters. The second-order valence-electron chi connectivity index (χ2n) is 5.67. The number of nitrogens with zero attached hydrogens (tertiary/aromatic N) is 3. The van der Waals surface area contributed by atoms with Crippen LogP contribution in [-0.4, -0.2) is 26.0 Å². The van der Waals surface area contributed by atoms with Crippen LogP contribution >= 0.6 is 0 Å². The number of aromatic nitrogens is 3. The molecule has 0 fully saturated rings. The van der Waals surface area contributed by atoms with Crippen LogP contribution in [-0.2, 0) is 0 Å². The molecule has 134 valence electrons. The van der Waals surface area contributed by atoms with E-state index >= 15 is 0 Å². The van der Waals surface area contributed by atoms with E-state index in [1.807, 2.05) is 36.4 Å². The Labute approximate surface area is 161 Å². The van der Waals surface area contributed by atoms with Crippen molar-refractivity contribution in [3.05, 3.63) is 78.6 Å². The zero-order valence-electron chi connectivity index (χ0n) is 14.0. The minimum absolute atomic E-state index is 0. The summed E-state index contributed by atoms with van der Waals surface area (Å²) in [6, 6.07) is 18.0. The van der Waals surface area contributed by atoms with Crippen molar-refractivity contribution in [1.82, 2.24) is 15.0 Å². The fraction of sp³-hybridized carbons (Fsp3) is 0. The van der Waals surface area contributed by atoms with E-state index in [1.54, 1.807) is 36.7 Å². The van der Waals surface area contributed by atoms with Gasteiger partial charge in [0.05, 0.1) is 11.1 Å². The highest BCUT2D eigenvalue weighted by molar-refractivity contribution is 5.93. The van der Waals surface area contributed by atoms with Crippen LogP contribution in [0.1, 0.15) is 10.4 Å². The Morgan fingerprint density at radius 2 is 1.81 bits per heavy atom. The normalized spacial score (nSPS) is 10.2. The van der Waals surface area contributed by atoms with Crippen LogP contribution in [0.2, 0.25) is 0 Å². The average Bonchev–Trinajstić information content (AvgIpc) is 2.69. The van der Waals surface area contributed by atoms with Gasteiger partial charge in [-0.2, -0.15) is 0 Å². The molecule has 0 bridgehead atoms. The molecule has 0 spiro atoms. The van der Waals surface area contributed by atoms with Gasteiger partial charge >= 0.3 is 5.97 Å². The van der Waals surface area contributed by atoms with Gasteiger partial charge in [-0.3, -0.25) is 4.98 Å². The maximum absolute atomic E-state index is 11.2. The van der Waals surface area contributed by atoms with Gasteiger partial charge in [-0.05, 0) is 42.5 Å². The molecule has 0 amide bonds. The van der Waals surface area contributed by atoms with Gasteiger partial charge in [0.25, 0.3) is 0 Å². The molecule has 2 aromatic carbocycles. The van der Waals surface area contributed by atoms with Crippen molar-refractivity contribution in [2.24, 2.45) is 0 Å². The van der Waals surface area contributed by atoms with E-state index in [4.69, 9.17) is 0 Å². The number of para-hydroxylation sites is 1. The molecule has 0 aliphatic carbocycles. The monoisotopic (exact) mass is 377 g/mol. The SMILES string of the molecule is O=C(O)c1cccc(Nc2nc(-c3cccnc3)nc3ccccc23)c1.[Cl-]. The Bertz CT molecular complexity index is 1100. The molecule has 4 aromatic rings. The van der Waals surface area contributed by atoms with E-state index in [0.29, 0.717) is 17.3 Å². The van der Waals surface area contributed by atoms with Crippen molar-refractivity contribution in [2.45, 2.75) is 0 Å². The summed E-state index contributed by atoms with van der Waals surface area (Å²) in [5, 5.41) is 13.2. The van der Waals surface area contributed by atoms with Gasteiger partial charge in [0, 0.05) is 29.0 Å². The van der Waals surface area contributed by atoms with E-state index < -0.39 is 5.97 Å². The molecular formula is C20H14ClN4O2-. The third-order valence-electron chi connectivity index (χ3n) is 3.90. The lowest BCUT2D eigenvalue weighted by molar-refractivity contribution is -0.0000207. The van der Waals surface area contributed by atoms with Crippen molar-refractivity contribution in [3.8, 4) is 11.4 Å². The van der Waals surface area contributed by atoms with Crippen molar-refractivity contribution in [3.63, 3.8) is 0 Å². The summed E-state index contributed by atoms with van der Waals surface area (Å²) >= 11 is 0. The largest absolute Gasteiger partial charge is 1.00 e. The lowest BCUT2D eigenvalue weighted by atomic mass is 10.2. The predicted octanol–water partition coefficient (Wildman–Crippen LogP) is 1.14. The number of carbonyl (C=O) groups is 1. The van der Waals surface area contributed by atoms with Crippen LogP contribution in [0.15, 0.2) is 73.1 Å². The standard InChI is InChI=1S/C20H14N4O2.ClH/c25-20(26)13-5-3-7-15(11-13)22-19-16-8-1-2-9-17(16)23-18(24-19)14-6-4-10-21-12-14;/h1-12H,(H,25,26)(H,22,23,24);1H/p-1. The third kappa shape index (κ3) is 3.86. The fourth-order valence-corrected chi connectivity index (χ4v) is 2.66. The molecule has 0 saturated heterocycles. The van der Waals surface area contributed by atoms with Gasteiger partial charge in [-0.25, -0.2) is 14.8 Å². The summed E-state index contributed by atoms with van der Waals surface area (Å²) in [6.07, 6.45) is 3.40. The number of rotatable bonds is 4. The van der Waals surface area contributed by atoms with Crippen LogP contribution in [0, 0.1) is 0 Å². The summed E-state index contributed by atoms with van der Waals surface area (Å²) < 4.78 is 0. The van der Waals surface area contributed by atoms with Gasteiger partial charge in [0.2, 0.25) is 0 Å². The molecule has 2 N–H and O–H groups in total. The molecule has 2 aromatic heterocycles. The molecule has 27 heavy (non-hydrogen) atoms. The van der Waals surface area contributed by atoms with Gasteiger partial charge in [-0.15, -0.1) is 0 Å². The summed E-state index contributed by atoms with van der Waals surface area (Å²) in [4.78, 5) is 24.6. The fourth-order valence-electron chi connectivity index (χ4n) is 2.66. The summed E-state index contributed by atoms with van der Waals surface area (Å²) in [6.45, 7) is 0. The first-order valence-electron chi connectivity index (χ1n) is 7.98. The van der Waals surface area contributed by atoms with Crippen molar-refractivity contribution in [1.29, 1.82) is 0 Å². The highest BCUT2D eigenvalue weighted by Crippen LogP contribution is 2.27. The van der Waals surface area contributed by atoms with Gasteiger partial charge in [0.15, 0.2) is 5.82 Å². The van der Waals surface area contributed by atoms with E-state index in [2.05, 4.69) is 20.3 Å². The number of anilines is 2. The first-order chi connectivity index (χ1) is 12.7. The zero-order chi connectivity index (χ0) is 17.9. The molecule has 0 saturated carbocycles. The zero-order valence-corrected chi connectivity index (χ0v) is 14.8. The first-order valence-corrected chi connectivity index (χ1v) is 7.98. The molecule has 2 heterocycles. The quantitative estimate of drug-likeness (QED) is 0.554. The summed E-state index contributed by atoms with van der Waals surface area (Å²) in [5.74, 6) is 0.183. The predicted molar refractivity (Wildman–Crippen MR) is 99.5 cm³/mol. The molecule has 0 radical (unpaired) electrons. The molecule has 7 heteroatoms. The Kier molecular flexibility index (Phi) is 5.28. The maximum atomic E-state index is 11.2. The maximum Gasteiger partial charge on any atom is 0.335 e. The molecule has 4 rings (SSSR count). The van der Waals surface area contributed by atoms with Crippen LogP contribution in [0.25, 0.3) is 22.3 Å². The van der Waals surface area contributed by atoms with Gasteiger partial charge in [0.1, 0.15) is 5.82 Å². The van der Waals surface area contributed by atoms with Crippen LogP contribution in [0.3, 0.4) is 0 Å². The van der Waals surface area contributed by atoms with Gasteiger partial charge in [-0.1, -0.05) is 18.2 Å². The molecule has 6 nitrogen and oxygen atoms in total. The Morgan fingerprint density at radius 3 is 2.59 bits per heavy atom. The smallest absolute Gasteiger partial charge is 0.335 e. The molecule has 0 unspecified atom stereocenters. The lowest BCUT2D eigenvalue weighted by Gasteiger charge is -2.11. The van der Waals surface area contributed by atoms with E-state index in [9.17, 15) is 9.90 Å². The second kappa shape index (κ2) is 7.80. The topological polar surface area (TPSA) is 88.0 Å². The Balaban J connectivity index is 0.00000210. The molecule has 0 aliphatic rings. The average molecular weight is 378 g/mol. The van der Waals surface area contributed by atoms with Crippen molar-refractivity contribution < 1.29 is 22.3 Å². The number of fused-ring (bicyclic) bond motifs is 1. The number of halogens is 1. The number of nitrogens with one attached hydrogen (secondary N) is 1. The van der Waals surface area contributed by atoms with Crippen LogP contribution in [0.5, 0.6) is 0 Å². The van der Waals surface area contributed by atoms with Crippen molar-refractivity contribution in [2.75, 3.05) is 5.32 Å². The number of hydrogen-bond acceptors (Lipinski definition) is 5. The minimum atomic E-state index is -0.975. The van der Waals surface area contributed by atoms with E-state index in [1.165, 1.54) is 0 Å². The molecule has 0 aliphatic heterocycles. The first kappa shape index (κ1) is 18.3. The second-order valence-corrected chi connectivity index (χ2v) is 5.67. The van der Waals surface area contributed by atoms with Crippen LogP contribution in [0.4, 0.5) is 11.5 Å². The van der Waals surface area contributed by atoms with Crippen LogP contribution < -0.4 is 17.7 Å². The number of pyridine rings is 1. The van der Waals surface area contributed by atoms with E-state index in [-0.39, 0.29) is 18.0 Å². The highest BCUT2D eigenvalue weighted by atomic mass is 35.5. The van der Waals surface area contributed by atoms with Gasteiger partial charge < -0.3 is 22.8 Å². The Morgan fingerprint density at radius 1 is 0.963 bits per heavy atom. The number of carboxylic acid groups (broad SMARTS) is 1. The number of benzene rings is 2. The summed E-state index contributed by atoms with van der Waals surface area (Å²) in [7, 11) is 0. The third-order valence-corrected chi connectivity index (χ3v) is 3.90. The highest BCUT2D eigenvalue weighted by Gasteiger charge is 2.10. The number of carboxylic acids is 1. The number of aromatic carboxylic acids is 1. The minimum Gasteiger partial charge on any atom is -1.00 e. The summed E-state index contributed by atoms with van der Waals surface area (Å²) in [5.41, 5.74) is 2.45. The Hall–Kier alpha value is -3.51. The van der Waals surface area contributed by atoms with Crippen molar-refractivity contribution >= 4 is 28.4 Å². The van der Waals surface area contributed by atoms with E-state index in [0.717, 1.165) is 16.5 Å². The molecular weight excluding hydrogens is 364 g/mol. The lowest BCUT2D eigenvalue weighted by Crippen LogP contribution is -3.00. The number of hydrogen-bond donors (Lipinski definition) is 2.